The summed E-state index contributed by atoms with van der Waals surface area (Å²) in [4.78, 5) is 20.6. The molecule has 3 rings (SSSR count). The van der Waals surface area contributed by atoms with Gasteiger partial charge in [-0.3, -0.25) is 5.32 Å². The number of benzene rings is 1. The topological polar surface area (TPSA) is 74.5 Å². The van der Waals surface area contributed by atoms with Crippen LogP contribution in [0.2, 0.25) is 0 Å². The number of piperazine rings is 1. The van der Waals surface area contributed by atoms with Crippen molar-refractivity contribution in [1.29, 1.82) is 0 Å². The van der Waals surface area contributed by atoms with Crippen LogP contribution >= 0.6 is 0 Å². The van der Waals surface area contributed by atoms with E-state index in [9.17, 15) is 4.79 Å². The van der Waals surface area contributed by atoms with Gasteiger partial charge in [-0.1, -0.05) is 12.1 Å². The highest BCUT2D eigenvalue weighted by atomic mass is 16.2. The molecule has 24 heavy (non-hydrogen) atoms. The van der Waals surface area contributed by atoms with Gasteiger partial charge in [0, 0.05) is 43.6 Å². The highest BCUT2D eigenvalue weighted by molar-refractivity contribution is 5.88. The summed E-state index contributed by atoms with van der Waals surface area (Å²) < 4.78 is 0. The first-order valence-corrected chi connectivity index (χ1v) is 8.10. The number of carbonyl (C=O) groups is 1. The number of aryl methyl sites for hydroxylation is 1. The van der Waals surface area contributed by atoms with Crippen LogP contribution in [0.4, 0.5) is 16.3 Å². The Morgan fingerprint density at radius 1 is 1.12 bits per heavy atom. The number of anilines is 2. The number of carbonyl (C=O) groups excluding carboxylic acids is 1. The van der Waals surface area contributed by atoms with Gasteiger partial charge < -0.3 is 15.5 Å². The summed E-state index contributed by atoms with van der Waals surface area (Å²) in [5.74, 6) is 0.558. The van der Waals surface area contributed by atoms with Gasteiger partial charge in [0.25, 0.3) is 0 Å². The zero-order valence-corrected chi connectivity index (χ0v) is 14.1. The number of hydrogen-bond acceptors (Lipinski definition) is 4. The average Bonchev–Trinajstić information content (AvgIpc) is 2.58. The molecule has 1 aliphatic heterocycles. The van der Waals surface area contributed by atoms with Crippen molar-refractivity contribution in [2.45, 2.75) is 6.92 Å². The second kappa shape index (κ2) is 6.88. The molecule has 0 atom stereocenters. The maximum atomic E-state index is 12.3. The lowest BCUT2D eigenvalue weighted by Gasteiger charge is -2.32. The maximum Gasteiger partial charge on any atom is 0.323 e. The van der Waals surface area contributed by atoms with E-state index in [1.54, 1.807) is 6.20 Å². The zero-order valence-electron chi connectivity index (χ0n) is 14.1. The van der Waals surface area contributed by atoms with Crippen molar-refractivity contribution < 1.29 is 4.79 Å². The average molecular weight is 325 g/mol. The van der Waals surface area contributed by atoms with Crippen molar-refractivity contribution in [2.75, 3.05) is 44.3 Å². The number of amides is 2. The molecule has 2 heterocycles. The molecule has 0 radical (unpaired) electrons. The van der Waals surface area contributed by atoms with Gasteiger partial charge in [0.1, 0.15) is 5.82 Å². The van der Waals surface area contributed by atoms with Crippen molar-refractivity contribution in [3.05, 3.63) is 42.1 Å². The number of urea groups is 1. The van der Waals surface area contributed by atoms with Gasteiger partial charge in [0.15, 0.2) is 0 Å². The molecular weight excluding hydrogens is 302 g/mol. The van der Waals surface area contributed by atoms with Gasteiger partial charge in [-0.05, 0) is 43.3 Å². The lowest BCUT2D eigenvalue weighted by atomic mass is 10.0. The van der Waals surface area contributed by atoms with Crippen LogP contribution in [0.5, 0.6) is 0 Å². The second-order valence-electron chi connectivity index (χ2n) is 6.22. The van der Waals surface area contributed by atoms with Gasteiger partial charge in [0.05, 0.1) is 0 Å². The first kappa shape index (κ1) is 16.3. The van der Waals surface area contributed by atoms with E-state index >= 15 is 0 Å². The van der Waals surface area contributed by atoms with E-state index in [1.165, 1.54) is 0 Å². The number of aromatic nitrogens is 1. The van der Waals surface area contributed by atoms with Gasteiger partial charge in [-0.15, -0.1) is 0 Å². The number of rotatable bonds is 2. The molecule has 1 fully saturated rings. The fourth-order valence-corrected chi connectivity index (χ4v) is 2.66. The fourth-order valence-electron chi connectivity index (χ4n) is 2.66. The van der Waals surface area contributed by atoms with Crippen LogP contribution in [0.15, 0.2) is 36.5 Å². The Morgan fingerprint density at radius 3 is 2.46 bits per heavy atom. The van der Waals surface area contributed by atoms with E-state index in [4.69, 9.17) is 5.73 Å². The van der Waals surface area contributed by atoms with E-state index in [-0.39, 0.29) is 6.03 Å². The standard InChI is InChI=1S/C18H23N5O/c1-13-3-4-14(11-16(13)19)15-5-6-17(20-12-15)21-18(24)23-9-7-22(2)8-10-23/h3-6,11-12H,7-10,19H2,1-2H3,(H,20,21,24). The third-order valence-electron chi connectivity index (χ3n) is 4.40. The molecule has 0 bridgehead atoms. The molecule has 0 spiro atoms. The number of likely N-dealkylation sites (N-methyl/N-ethyl adjacent to an activating group) is 1. The lowest BCUT2D eigenvalue weighted by molar-refractivity contribution is 0.164. The van der Waals surface area contributed by atoms with E-state index in [2.05, 4.69) is 22.2 Å². The quantitative estimate of drug-likeness (QED) is 0.832. The Kier molecular flexibility index (Phi) is 4.66. The van der Waals surface area contributed by atoms with Gasteiger partial charge in [-0.25, -0.2) is 9.78 Å². The normalized spacial score (nSPS) is 15.3. The molecule has 1 aromatic heterocycles. The molecular formula is C18H23N5O. The molecule has 1 saturated heterocycles. The zero-order chi connectivity index (χ0) is 17.1. The van der Waals surface area contributed by atoms with Crippen molar-refractivity contribution in [2.24, 2.45) is 0 Å². The van der Waals surface area contributed by atoms with Crippen LogP contribution in [-0.2, 0) is 0 Å². The van der Waals surface area contributed by atoms with Crippen molar-refractivity contribution in [1.82, 2.24) is 14.8 Å². The molecule has 1 aliphatic rings. The molecule has 126 valence electrons. The number of hydrogen-bond donors (Lipinski definition) is 2. The third kappa shape index (κ3) is 3.65. The molecule has 3 N–H and O–H groups in total. The fraction of sp³-hybridized carbons (Fsp3) is 0.333. The summed E-state index contributed by atoms with van der Waals surface area (Å²) >= 11 is 0. The number of pyridine rings is 1. The van der Waals surface area contributed by atoms with Crippen LogP contribution in [0, 0.1) is 6.92 Å². The summed E-state index contributed by atoms with van der Waals surface area (Å²) in [6.45, 7) is 5.25. The molecule has 0 saturated carbocycles. The van der Waals surface area contributed by atoms with Crippen molar-refractivity contribution >= 4 is 17.5 Å². The van der Waals surface area contributed by atoms with Gasteiger partial charge in [-0.2, -0.15) is 0 Å². The van der Waals surface area contributed by atoms with Crippen LogP contribution in [0.25, 0.3) is 11.1 Å². The molecule has 2 amide bonds. The number of nitrogens with zero attached hydrogens (tertiary/aromatic N) is 3. The first-order chi connectivity index (χ1) is 11.5. The van der Waals surface area contributed by atoms with Crippen molar-refractivity contribution in [3.8, 4) is 11.1 Å². The Bertz CT molecular complexity index is 721. The summed E-state index contributed by atoms with van der Waals surface area (Å²) in [6, 6.07) is 9.62. The third-order valence-corrected chi connectivity index (χ3v) is 4.40. The molecule has 0 aliphatic carbocycles. The Morgan fingerprint density at radius 2 is 1.83 bits per heavy atom. The van der Waals surface area contributed by atoms with Crippen LogP contribution in [0.1, 0.15) is 5.56 Å². The minimum absolute atomic E-state index is 0.0945. The monoisotopic (exact) mass is 325 g/mol. The predicted octanol–water partition coefficient (Wildman–Crippen LogP) is 2.42. The Hall–Kier alpha value is -2.60. The van der Waals surface area contributed by atoms with Gasteiger partial charge in [0.2, 0.25) is 0 Å². The minimum atomic E-state index is -0.0945. The van der Waals surface area contributed by atoms with E-state index < -0.39 is 0 Å². The first-order valence-electron chi connectivity index (χ1n) is 8.10. The number of nitrogens with two attached hydrogens (primary N) is 1. The Labute approximate surface area is 142 Å². The lowest BCUT2D eigenvalue weighted by Crippen LogP contribution is -2.48. The predicted molar refractivity (Wildman–Crippen MR) is 96.9 cm³/mol. The molecule has 1 aromatic carbocycles. The second-order valence-corrected chi connectivity index (χ2v) is 6.22. The maximum absolute atomic E-state index is 12.3. The van der Waals surface area contributed by atoms with E-state index in [1.807, 2.05) is 42.2 Å². The van der Waals surface area contributed by atoms with Crippen LogP contribution < -0.4 is 11.1 Å². The summed E-state index contributed by atoms with van der Waals surface area (Å²) in [7, 11) is 2.06. The van der Waals surface area contributed by atoms with Gasteiger partial charge >= 0.3 is 6.03 Å². The molecule has 6 nitrogen and oxygen atoms in total. The Balaban J connectivity index is 1.66. The van der Waals surface area contributed by atoms with E-state index in [0.717, 1.165) is 48.6 Å². The molecule has 2 aromatic rings. The number of nitrogens with one attached hydrogen (secondary N) is 1. The summed E-state index contributed by atoms with van der Waals surface area (Å²) in [6.07, 6.45) is 1.75. The highest BCUT2D eigenvalue weighted by Crippen LogP contribution is 2.23. The van der Waals surface area contributed by atoms with Crippen LogP contribution in [-0.4, -0.2) is 54.0 Å². The largest absolute Gasteiger partial charge is 0.398 e. The minimum Gasteiger partial charge on any atom is -0.398 e. The summed E-state index contributed by atoms with van der Waals surface area (Å²) in [5, 5.41) is 2.86. The van der Waals surface area contributed by atoms with Crippen LogP contribution in [0.3, 0.4) is 0 Å². The number of nitrogen functional groups attached to an aromatic ring is 1. The van der Waals surface area contributed by atoms with E-state index in [0.29, 0.717) is 5.82 Å². The molecule has 6 heteroatoms. The molecule has 0 unspecified atom stereocenters. The smallest absolute Gasteiger partial charge is 0.323 e. The highest BCUT2D eigenvalue weighted by Gasteiger charge is 2.19. The summed E-state index contributed by atoms with van der Waals surface area (Å²) in [5.41, 5.74) is 9.77. The SMILES string of the molecule is Cc1ccc(-c2ccc(NC(=O)N3CCN(C)CC3)nc2)cc1N. The van der Waals surface area contributed by atoms with Crippen molar-refractivity contribution in [3.63, 3.8) is 0 Å².